The minimum absolute atomic E-state index is 0.0178. The molecule has 1 heterocycles. The summed E-state index contributed by atoms with van der Waals surface area (Å²) in [5.41, 5.74) is 0. The number of rotatable bonds is 5. The van der Waals surface area contributed by atoms with Crippen molar-refractivity contribution in [2.75, 3.05) is 0 Å². The number of aryl methyl sites for hydroxylation is 1. The van der Waals surface area contributed by atoms with Crippen LogP contribution in [-0.2, 0) is 16.1 Å². The molecular formula is C10H16N2O2. The SMILES string of the molecule is CC(C)OC(=O)CCCn1ccnc1. The van der Waals surface area contributed by atoms with Gasteiger partial charge in [0.05, 0.1) is 12.4 Å². The maximum Gasteiger partial charge on any atom is 0.306 e. The number of hydrogen-bond donors (Lipinski definition) is 0. The third kappa shape index (κ3) is 4.07. The summed E-state index contributed by atoms with van der Waals surface area (Å²) in [6.45, 7) is 4.52. The molecule has 1 rings (SSSR count). The Labute approximate surface area is 83.9 Å². The molecule has 0 aliphatic rings. The van der Waals surface area contributed by atoms with Crippen LogP contribution in [-0.4, -0.2) is 21.6 Å². The number of nitrogens with zero attached hydrogens (tertiary/aromatic N) is 2. The first-order valence-corrected chi connectivity index (χ1v) is 4.83. The first kappa shape index (κ1) is 10.8. The highest BCUT2D eigenvalue weighted by atomic mass is 16.5. The molecule has 0 radical (unpaired) electrons. The molecule has 0 saturated carbocycles. The third-order valence-electron chi connectivity index (χ3n) is 1.72. The zero-order valence-electron chi connectivity index (χ0n) is 8.64. The van der Waals surface area contributed by atoms with Gasteiger partial charge in [-0.3, -0.25) is 4.79 Å². The molecule has 14 heavy (non-hydrogen) atoms. The molecule has 0 fully saturated rings. The van der Waals surface area contributed by atoms with Gasteiger partial charge in [0, 0.05) is 25.4 Å². The molecule has 1 aromatic rings. The molecule has 78 valence electrons. The van der Waals surface area contributed by atoms with Gasteiger partial charge in [-0.15, -0.1) is 0 Å². The number of hydrogen-bond acceptors (Lipinski definition) is 3. The molecule has 0 spiro atoms. The van der Waals surface area contributed by atoms with Crippen molar-refractivity contribution in [3.63, 3.8) is 0 Å². The van der Waals surface area contributed by atoms with Crippen molar-refractivity contribution >= 4 is 5.97 Å². The molecule has 0 aromatic carbocycles. The van der Waals surface area contributed by atoms with Gasteiger partial charge in [0.25, 0.3) is 0 Å². The summed E-state index contributed by atoms with van der Waals surface area (Å²) in [5.74, 6) is -0.125. The van der Waals surface area contributed by atoms with Gasteiger partial charge >= 0.3 is 5.97 Å². The number of aromatic nitrogens is 2. The zero-order chi connectivity index (χ0) is 10.4. The zero-order valence-corrected chi connectivity index (χ0v) is 8.64. The van der Waals surface area contributed by atoms with Crippen LogP contribution in [0, 0.1) is 0 Å². The summed E-state index contributed by atoms with van der Waals surface area (Å²) in [7, 11) is 0. The summed E-state index contributed by atoms with van der Waals surface area (Å²) in [6.07, 6.45) is 6.60. The predicted octanol–water partition coefficient (Wildman–Crippen LogP) is 1.61. The summed E-state index contributed by atoms with van der Waals surface area (Å²) >= 11 is 0. The lowest BCUT2D eigenvalue weighted by atomic mass is 10.3. The Morgan fingerprint density at radius 3 is 2.93 bits per heavy atom. The maximum atomic E-state index is 11.1. The smallest absolute Gasteiger partial charge is 0.306 e. The molecule has 0 bridgehead atoms. The minimum atomic E-state index is -0.125. The van der Waals surface area contributed by atoms with E-state index in [9.17, 15) is 4.79 Å². The topological polar surface area (TPSA) is 44.1 Å². The van der Waals surface area contributed by atoms with Gasteiger partial charge in [-0.05, 0) is 20.3 Å². The van der Waals surface area contributed by atoms with Crippen LogP contribution < -0.4 is 0 Å². The van der Waals surface area contributed by atoms with E-state index >= 15 is 0 Å². The van der Waals surface area contributed by atoms with Crippen LogP contribution in [0.3, 0.4) is 0 Å². The standard InChI is InChI=1S/C10H16N2O2/c1-9(2)14-10(13)4-3-6-12-7-5-11-8-12/h5,7-9H,3-4,6H2,1-2H3. The Hall–Kier alpha value is -1.32. The van der Waals surface area contributed by atoms with E-state index in [1.807, 2.05) is 24.6 Å². The molecule has 0 N–H and O–H groups in total. The van der Waals surface area contributed by atoms with Gasteiger partial charge in [-0.1, -0.05) is 0 Å². The Balaban J connectivity index is 2.12. The Kier molecular flexibility index (Phi) is 4.16. The van der Waals surface area contributed by atoms with Gasteiger partial charge in [-0.2, -0.15) is 0 Å². The molecule has 0 amide bonds. The van der Waals surface area contributed by atoms with Crippen molar-refractivity contribution in [2.45, 2.75) is 39.3 Å². The summed E-state index contributed by atoms with van der Waals surface area (Å²) in [5, 5.41) is 0. The molecular weight excluding hydrogens is 180 g/mol. The highest BCUT2D eigenvalue weighted by Crippen LogP contribution is 1.99. The van der Waals surface area contributed by atoms with Crippen molar-refractivity contribution in [3.05, 3.63) is 18.7 Å². The molecule has 4 nitrogen and oxygen atoms in total. The van der Waals surface area contributed by atoms with Crippen molar-refractivity contribution in [2.24, 2.45) is 0 Å². The minimum Gasteiger partial charge on any atom is -0.463 e. The molecule has 4 heteroatoms. The van der Waals surface area contributed by atoms with E-state index in [-0.39, 0.29) is 12.1 Å². The van der Waals surface area contributed by atoms with Gasteiger partial charge in [0.15, 0.2) is 0 Å². The summed E-state index contributed by atoms with van der Waals surface area (Å²) < 4.78 is 6.95. The average molecular weight is 196 g/mol. The second-order valence-electron chi connectivity index (χ2n) is 3.44. The van der Waals surface area contributed by atoms with Crippen LogP contribution in [0.1, 0.15) is 26.7 Å². The second-order valence-corrected chi connectivity index (χ2v) is 3.44. The number of ether oxygens (including phenoxy) is 1. The first-order chi connectivity index (χ1) is 6.68. The summed E-state index contributed by atoms with van der Waals surface area (Å²) in [4.78, 5) is 15.0. The quantitative estimate of drug-likeness (QED) is 0.672. The molecule has 0 unspecified atom stereocenters. The molecule has 0 aliphatic carbocycles. The lowest BCUT2D eigenvalue weighted by Crippen LogP contribution is -2.11. The van der Waals surface area contributed by atoms with E-state index in [4.69, 9.17) is 4.74 Å². The Morgan fingerprint density at radius 1 is 1.57 bits per heavy atom. The van der Waals surface area contributed by atoms with Gasteiger partial charge in [0.2, 0.25) is 0 Å². The van der Waals surface area contributed by atoms with E-state index < -0.39 is 0 Å². The first-order valence-electron chi connectivity index (χ1n) is 4.83. The van der Waals surface area contributed by atoms with Gasteiger partial charge in [-0.25, -0.2) is 4.98 Å². The van der Waals surface area contributed by atoms with Crippen LogP contribution >= 0.6 is 0 Å². The fraction of sp³-hybridized carbons (Fsp3) is 0.600. The lowest BCUT2D eigenvalue weighted by Gasteiger charge is -2.07. The normalized spacial score (nSPS) is 10.5. The van der Waals surface area contributed by atoms with Crippen LogP contribution in [0.4, 0.5) is 0 Å². The van der Waals surface area contributed by atoms with E-state index in [0.29, 0.717) is 6.42 Å². The maximum absolute atomic E-state index is 11.1. The molecule has 1 aromatic heterocycles. The number of carbonyl (C=O) groups is 1. The number of esters is 1. The number of imidazole rings is 1. The van der Waals surface area contributed by atoms with E-state index in [1.54, 1.807) is 12.5 Å². The Bertz CT molecular complexity index is 268. The van der Waals surface area contributed by atoms with Crippen molar-refractivity contribution in [1.82, 2.24) is 9.55 Å². The summed E-state index contributed by atoms with van der Waals surface area (Å²) in [6, 6.07) is 0. The average Bonchev–Trinajstić information content (AvgIpc) is 2.55. The van der Waals surface area contributed by atoms with Crippen molar-refractivity contribution in [1.29, 1.82) is 0 Å². The van der Waals surface area contributed by atoms with Crippen LogP contribution in [0.25, 0.3) is 0 Å². The Morgan fingerprint density at radius 2 is 2.36 bits per heavy atom. The van der Waals surface area contributed by atoms with Gasteiger partial charge in [0.1, 0.15) is 0 Å². The van der Waals surface area contributed by atoms with E-state index in [0.717, 1.165) is 13.0 Å². The largest absolute Gasteiger partial charge is 0.463 e. The lowest BCUT2D eigenvalue weighted by molar-refractivity contribution is -0.147. The predicted molar refractivity (Wildman–Crippen MR) is 52.7 cm³/mol. The van der Waals surface area contributed by atoms with Crippen molar-refractivity contribution in [3.8, 4) is 0 Å². The van der Waals surface area contributed by atoms with Crippen LogP contribution in [0.2, 0.25) is 0 Å². The van der Waals surface area contributed by atoms with Crippen LogP contribution in [0.5, 0.6) is 0 Å². The molecule has 0 saturated heterocycles. The highest BCUT2D eigenvalue weighted by molar-refractivity contribution is 5.69. The fourth-order valence-electron chi connectivity index (χ4n) is 1.15. The highest BCUT2D eigenvalue weighted by Gasteiger charge is 2.04. The van der Waals surface area contributed by atoms with E-state index in [1.165, 1.54) is 0 Å². The second kappa shape index (κ2) is 5.42. The fourth-order valence-corrected chi connectivity index (χ4v) is 1.15. The van der Waals surface area contributed by atoms with E-state index in [2.05, 4.69) is 4.98 Å². The van der Waals surface area contributed by atoms with Gasteiger partial charge < -0.3 is 9.30 Å². The van der Waals surface area contributed by atoms with Crippen LogP contribution in [0.15, 0.2) is 18.7 Å². The number of carbonyl (C=O) groups excluding carboxylic acids is 1. The third-order valence-corrected chi connectivity index (χ3v) is 1.72. The molecule has 0 aliphatic heterocycles. The monoisotopic (exact) mass is 196 g/mol. The molecule has 0 atom stereocenters. The van der Waals surface area contributed by atoms with Crippen molar-refractivity contribution < 1.29 is 9.53 Å².